The number of amides is 1. The van der Waals surface area contributed by atoms with Crippen LogP contribution in [0, 0.1) is 11.6 Å². The van der Waals surface area contributed by atoms with Crippen LogP contribution in [0.1, 0.15) is 17.3 Å². The maximum atomic E-state index is 13.5. The molecule has 2 rings (SSSR count). The van der Waals surface area contributed by atoms with E-state index >= 15 is 0 Å². The average Bonchev–Trinajstić information content (AvgIpc) is 2.57. The molecule has 2 aromatic carbocycles. The molecule has 1 amide bonds. The second-order valence-corrected chi connectivity index (χ2v) is 5.07. The number of carbonyl (C=O) groups is 2. The second kappa shape index (κ2) is 8.32. The number of nitrogens with one attached hydrogen (secondary N) is 1. The van der Waals surface area contributed by atoms with E-state index in [1.165, 1.54) is 25.1 Å². The van der Waals surface area contributed by atoms with Crippen LogP contribution >= 0.6 is 0 Å². The fraction of sp³-hybridized carbons (Fsp3) is 0.176. The summed E-state index contributed by atoms with van der Waals surface area (Å²) in [6, 6.07) is 7.28. The van der Waals surface area contributed by atoms with Gasteiger partial charge in [0.1, 0.15) is 17.4 Å². The van der Waals surface area contributed by atoms with E-state index in [0.29, 0.717) is 0 Å². The molecule has 26 heavy (non-hydrogen) atoms. The third kappa shape index (κ3) is 5.20. The molecule has 1 N–H and O–H groups in total. The van der Waals surface area contributed by atoms with Crippen LogP contribution in [0.15, 0.2) is 42.5 Å². The minimum absolute atomic E-state index is 0.125. The molecule has 1 unspecified atom stereocenters. The van der Waals surface area contributed by atoms with Crippen molar-refractivity contribution in [3.63, 3.8) is 0 Å². The van der Waals surface area contributed by atoms with E-state index in [0.717, 1.165) is 24.3 Å². The van der Waals surface area contributed by atoms with Crippen molar-refractivity contribution >= 4 is 17.6 Å². The Morgan fingerprint density at radius 1 is 1.08 bits per heavy atom. The highest BCUT2D eigenvalue weighted by Gasteiger charge is 2.21. The van der Waals surface area contributed by atoms with Gasteiger partial charge in [-0.05, 0) is 37.3 Å². The third-order valence-corrected chi connectivity index (χ3v) is 3.13. The van der Waals surface area contributed by atoms with Crippen LogP contribution in [0.3, 0.4) is 0 Å². The molecule has 0 saturated carbocycles. The van der Waals surface area contributed by atoms with Crippen molar-refractivity contribution in [2.75, 3.05) is 5.32 Å². The zero-order valence-corrected chi connectivity index (χ0v) is 13.3. The predicted octanol–water partition coefficient (Wildman–Crippen LogP) is 3.75. The molecule has 0 bridgehead atoms. The zero-order chi connectivity index (χ0) is 19.3. The summed E-state index contributed by atoms with van der Waals surface area (Å²) in [6.45, 7) is -1.85. The van der Waals surface area contributed by atoms with Gasteiger partial charge in [-0.15, -0.1) is 0 Å². The molecular weight excluding hydrogens is 358 g/mol. The van der Waals surface area contributed by atoms with Gasteiger partial charge in [-0.2, -0.15) is 8.78 Å². The standard InChI is InChI=1S/C17H13F4NO4/c1-9(15(23)22-14-8-11(18)5-6-13(14)19)25-16(24)10-3-2-4-12(7-10)26-17(20)21/h2-9,17H,1H3,(H,22,23). The molecule has 2 aromatic rings. The normalized spacial score (nSPS) is 11.8. The summed E-state index contributed by atoms with van der Waals surface area (Å²) in [4.78, 5) is 23.9. The minimum Gasteiger partial charge on any atom is -0.449 e. The summed E-state index contributed by atoms with van der Waals surface area (Å²) in [5.74, 6) is -3.76. The van der Waals surface area contributed by atoms with Crippen LogP contribution in [-0.2, 0) is 9.53 Å². The number of rotatable bonds is 6. The molecule has 1 atom stereocenters. The van der Waals surface area contributed by atoms with E-state index in [2.05, 4.69) is 10.1 Å². The second-order valence-electron chi connectivity index (χ2n) is 5.07. The maximum absolute atomic E-state index is 13.5. The first-order valence-electron chi connectivity index (χ1n) is 7.28. The van der Waals surface area contributed by atoms with E-state index in [1.54, 1.807) is 0 Å². The lowest BCUT2D eigenvalue weighted by Gasteiger charge is -2.14. The molecule has 0 saturated heterocycles. The maximum Gasteiger partial charge on any atom is 0.387 e. The Balaban J connectivity index is 2.02. The average molecular weight is 371 g/mol. The number of hydrogen-bond acceptors (Lipinski definition) is 4. The van der Waals surface area contributed by atoms with Crippen molar-refractivity contribution < 1.29 is 36.6 Å². The summed E-state index contributed by atoms with van der Waals surface area (Å²) in [7, 11) is 0. The Morgan fingerprint density at radius 3 is 2.50 bits per heavy atom. The monoisotopic (exact) mass is 371 g/mol. The lowest BCUT2D eigenvalue weighted by molar-refractivity contribution is -0.123. The molecule has 0 heterocycles. The van der Waals surface area contributed by atoms with E-state index in [9.17, 15) is 27.2 Å². The van der Waals surface area contributed by atoms with Crippen molar-refractivity contribution in [3.05, 3.63) is 59.7 Å². The Labute approximate surface area is 145 Å². The van der Waals surface area contributed by atoms with Crippen LogP contribution in [-0.4, -0.2) is 24.6 Å². The van der Waals surface area contributed by atoms with Crippen molar-refractivity contribution in [3.8, 4) is 5.75 Å². The number of esters is 1. The first kappa shape index (κ1) is 19.2. The lowest BCUT2D eigenvalue weighted by Crippen LogP contribution is -2.30. The number of hydrogen-bond donors (Lipinski definition) is 1. The summed E-state index contributed by atoms with van der Waals surface area (Å²) in [5.41, 5.74) is -0.537. The largest absolute Gasteiger partial charge is 0.449 e. The van der Waals surface area contributed by atoms with E-state index in [-0.39, 0.29) is 11.3 Å². The Bertz CT molecular complexity index is 813. The van der Waals surface area contributed by atoms with Gasteiger partial charge >= 0.3 is 12.6 Å². The molecule has 0 aliphatic rings. The van der Waals surface area contributed by atoms with E-state index < -0.39 is 41.9 Å². The lowest BCUT2D eigenvalue weighted by atomic mass is 10.2. The van der Waals surface area contributed by atoms with Gasteiger partial charge in [0, 0.05) is 6.07 Å². The highest BCUT2D eigenvalue weighted by Crippen LogP contribution is 2.18. The fourth-order valence-electron chi connectivity index (χ4n) is 1.91. The molecule has 0 aromatic heterocycles. The molecular formula is C17H13F4NO4. The van der Waals surface area contributed by atoms with Gasteiger partial charge < -0.3 is 14.8 Å². The van der Waals surface area contributed by atoms with Crippen LogP contribution in [0.2, 0.25) is 0 Å². The number of anilines is 1. The van der Waals surface area contributed by atoms with Gasteiger partial charge in [-0.1, -0.05) is 6.07 Å². The van der Waals surface area contributed by atoms with E-state index in [1.807, 2.05) is 0 Å². The van der Waals surface area contributed by atoms with Crippen molar-refractivity contribution in [1.82, 2.24) is 0 Å². The summed E-state index contributed by atoms with van der Waals surface area (Å²) < 4.78 is 60.0. The fourth-order valence-corrected chi connectivity index (χ4v) is 1.91. The van der Waals surface area contributed by atoms with Gasteiger partial charge in [-0.25, -0.2) is 13.6 Å². The van der Waals surface area contributed by atoms with E-state index in [4.69, 9.17) is 4.74 Å². The Kier molecular flexibility index (Phi) is 6.16. The van der Waals surface area contributed by atoms with Gasteiger partial charge in [-0.3, -0.25) is 4.79 Å². The minimum atomic E-state index is -3.06. The summed E-state index contributed by atoms with van der Waals surface area (Å²) >= 11 is 0. The number of alkyl halides is 2. The number of ether oxygens (including phenoxy) is 2. The van der Waals surface area contributed by atoms with Crippen LogP contribution in [0.25, 0.3) is 0 Å². The molecule has 0 fully saturated rings. The van der Waals surface area contributed by atoms with Gasteiger partial charge in [0.25, 0.3) is 5.91 Å². The molecule has 138 valence electrons. The van der Waals surface area contributed by atoms with Gasteiger partial charge in [0.2, 0.25) is 0 Å². The molecule has 5 nitrogen and oxygen atoms in total. The van der Waals surface area contributed by atoms with Crippen LogP contribution < -0.4 is 10.1 Å². The summed E-state index contributed by atoms with van der Waals surface area (Å²) in [5, 5.41) is 2.09. The van der Waals surface area contributed by atoms with Crippen molar-refractivity contribution in [1.29, 1.82) is 0 Å². The third-order valence-electron chi connectivity index (χ3n) is 3.13. The first-order chi connectivity index (χ1) is 12.3. The molecule has 0 aliphatic carbocycles. The van der Waals surface area contributed by atoms with Crippen LogP contribution in [0.5, 0.6) is 5.75 Å². The number of benzene rings is 2. The molecule has 0 spiro atoms. The van der Waals surface area contributed by atoms with Gasteiger partial charge in [0.05, 0.1) is 11.3 Å². The molecule has 0 aliphatic heterocycles. The van der Waals surface area contributed by atoms with Gasteiger partial charge in [0.15, 0.2) is 6.10 Å². The number of carbonyl (C=O) groups excluding carboxylic acids is 2. The summed E-state index contributed by atoms with van der Waals surface area (Å²) in [6.07, 6.45) is -1.36. The predicted molar refractivity (Wildman–Crippen MR) is 82.9 cm³/mol. The highest BCUT2D eigenvalue weighted by atomic mass is 19.3. The zero-order valence-electron chi connectivity index (χ0n) is 13.3. The molecule has 9 heteroatoms. The topological polar surface area (TPSA) is 64.6 Å². The van der Waals surface area contributed by atoms with Crippen molar-refractivity contribution in [2.24, 2.45) is 0 Å². The Morgan fingerprint density at radius 2 is 1.81 bits per heavy atom. The van der Waals surface area contributed by atoms with Crippen molar-refractivity contribution in [2.45, 2.75) is 19.6 Å². The SMILES string of the molecule is CC(OC(=O)c1cccc(OC(F)F)c1)C(=O)Nc1cc(F)ccc1F. The smallest absolute Gasteiger partial charge is 0.387 e. The Hall–Kier alpha value is -3.10. The molecule has 0 radical (unpaired) electrons. The number of halogens is 4. The first-order valence-corrected chi connectivity index (χ1v) is 7.28. The highest BCUT2D eigenvalue weighted by molar-refractivity contribution is 5.97. The quantitative estimate of drug-likeness (QED) is 0.621. The van der Waals surface area contributed by atoms with Crippen LogP contribution in [0.4, 0.5) is 23.2 Å².